The van der Waals surface area contributed by atoms with Gasteiger partial charge in [0.1, 0.15) is 5.82 Å². The lowest BCUT2D eigenvalue weighted by atomic mass is 10.4. The van der Waals surface area contributed by atoms with E-state index in [1.54, 1.807) is 13.1 Å². The number of carboxylic acid groups (broad SMARTS) is 1. The van der Waals surface area contributed by atoms with Gasteiger partial charge in [-0.25, -0.2) is 4.98 Å². The molecule has 0 fully saturated rings. The molecule has 10 heteroatoms. The Hall–Kier alpha value is -2.36. The first kappa shape index (κ1) is 18.7. The highest BCUT2D eigenvalue weighted by Gasteiger charge is 2.07. The quantitative estimate of drug-likeness (QED) is 0.558. The maximum Gasteiger partial charge on any atom is 0.290 e. The molecule has 0 spiro atoms. The summed E-state index contributed by atoms with van der Waals surface area (Å²) in [5.41, 5.74) is 0. The largest absolute Gasteiger partial charge is 0.483 e. The van der Waals surface area contributed by atoms with Gasteiger partial charge in [0.15, 0.2) is 0 Å². The number of carbonyl (C=O) groups excluding carboxylic acids is 1. The fourth-order valence-corrected chi connectivity index (χ4v) is 2.32. The van der Waals surface area contributed by atoms with E-state index in [4.69, 9.17) is 14.3 Å². The summed E-state index contributed by atoms with van der Waals surface area (Å²) >= 11 is 1.23. The highest BCUT2D eigenvalue weighted by Crippen LogP contribution is 2.14. The molecule has 0 aliphatic carbocycles. The maximum absolute atomic E-state index is 11.7. The summed E-state index contributed by atoms with van der Waals surface area (Å²) in [6.45, 7) is 4.82. The highest BCUT2D eigenvalue weighted by molar-refractivity contribution is 7.99. The lowest BCUT2D eigenvalue weighted by Gasteiger charge is -2.07. The third-order valence-corrected chi connectivity index (χ3v) is 3.45. The normalized spacial score (nSPS) is 9.83. The minimum Gasteiger partial charge on any atom is -0.483 e. The number of nitrogens with zero attached hydrogens (tertiary/aromatic N) is 4. The molecule has 1 amide bonds. The molecule has 0 aliphatic rings. The standard InChI is InChI=1S/C12H17N5O2S.CH2O2/c1-3-10-13-4-6-17(10)7-5-14-11(18)8-20-12-16-15-9(2)19-12;2-1-3/h4,6H,3,5,7-8H2,1-2H3,(H,14,18);1H,(H,2,3). The van der Waals surface area contributed by atoms with Gasteiger partial charge >= 0.3 is 0 Å². The molecule has 2 heterocycles. The van der Waals surface area contributed by atoms with Crippen molar-refractivity contribution < 1.29 is 19.1 Å². The number of hydrogen-bond acceptors (Lipinski definition) is 7. The zero-order valence-electron chi connectivity index (χ0n) is 12.9. The van der Waals surface area contributed by atoms with Gasteiger partial charge in [-0.1, -0.05) is 18.7 Å². The Bertz CT molecular complexity index is 613. The van der Waals surface area contributed by atoms with Crippen LogP contribution in [0.1, 0.15) is 18.6 Å². The first-order chi connectivity index (χ1) is 11.1. The van der Waals surface area contributed by atoms with Crippen molar-refractivity contribution in [1.29, 1.82) is 0 Å². The summed E-state index contributed by atoms with van der Waals surface area (Å²) in [6, 6.07) is 0. The van der Waals surface area contributed by atoms with E-state index >= 15 is 0 Å². The molecule has 2 rings (SSSR count). The first-order valence-electron chi connectivity index (χ1n) is 6.88. The van der Waals surface area contributed by atoms with Crippen LogP contribution in [0.4, 0.5) is 0 Å². The van der Waals surface area contributed by atoms with Crippen LogP contribution in [-0.2, 0) is 22.6 Å². The second-order valence-corrected chi connectivity index (χ2v) is 5.15. The molecule has 0 unspecified atom stereocenters. The summed E-state index contributed by atoms with van der Waals surface area (Å²) in [5, 5.41) is 17.7. The molecule has 126 valence electrons. The first-order valence-corrected chi connectivity index (χ1v) is 7.86. The SMILES string of the molecule is CCc1nccn1CCNC(=O)CSc1nnc(C)o1.O=CO. The van der Waals surface area contributed by atoms with E-state index < -0.39 is 0 Å². The Morgan fingerprint density at radius 2 is 2.26 bits per heavy atom. The molecule has 0 saturated heterocycles. The van der Waals surface area contributed by atoms with Crippen molar-refractivity contribution in [2.75, 3.05) is 12.3 Å². The van der Waals surface area contributed by atoms with Crippen LogP contribution in [-0.4, -0.2) is 49.5 Å². The van der Waals surface area contributed by atoms with E-state index in [0.29, 0.717) is 17.7 Å². The fraction of sp³-hybridized carbons (Fsp3) is 0.462. The number of rotatable bonds is 7. The van der Waals surface area contributed by atoms with E-state index in [1.165, 1.54) is 11.8 Å². The summed E-state index contributed by atoms with van der Waals surface area (Å²) in [5.74, 6) is 1.74. The Kier molecular flexibility index (Phi) is 8.43. The van der Waals surface area contributed by atoms with Crippen LogP contribution in [0.3, 0.4) is 0 Å². The molecule has 2 N–H and O–H groups in total. The smallest absolute Gasteiger partial charge is 0.290 e. The summed E-state index contributed by atoms with van der Waals surface area (Å²) in [6.07, 6.45) is 4.57. The minimum atomic E-state index is -0.250. The third kappa shape index (κ3) is 6.96. The lowest BCUT2D eigenvalue weighted by Crippen LogP contribution is -2.28. The van der Waals surface area contributed by atoms with Crippen molar-refractivity contribution in [3.05, 3.63) is 24.1 Å². The summed E-state index contributed by atoms with van der Waals surface area (Å²) in [4.78, 5) is 24.2. The summed E-state index contributed by atoms with van der Waals surface area (Å²) < 4.78 is 7.21. The van der Waals surface area contributed by atoms with Crippen molar-refractivity contribution in [1.82, 2.24) is 25.1 Å². The number of aromatic nitrogens is 4. The highest BCUT2D eigenvalue weighted by atomic mass is 32.2. The van der Waals surface area contributed by atoms with Gasteiger partial charge in [-0.2, -0.15) is 0 Å². The third-order valence-electron chi connectivity index (χ3n) is 2.63. The number of hydrogen-bond donors (Lipinski definition) is 2. The molecule has 2 aromatic rings. The Morgan fingerprint density at radius 1 is 1.52 bits per heavy atom. The molecule has 0 bridgehead atoms. The number of aryl methyl sites for hydroxylation is 2. The molecule has 0 aromatic carbocycles. The molecular weight excluding hydrogens is 322 g/mol. The van der Waals surface area contributed by atoms with Gasteiger partial charge in [0.2, 0.25) is 11.8 Å². The Labute approximate surface area is 137 Å². The van der Waals surface area contributed by atoms with Gasteiger partial charge in [0.25, 0.3) is 11.7 Å². The van der Waals surface area contributed by atoms with Gasteiger partial charge in [0, 0.05) is 38.8 Å². The van der Waals surface area contributed by atoms with E-state index in [9.17, 15) is 4.79 Å². The van der Waals surface area contributed by atoms with Crippen molar-refractivity contribution in [2.24, 2.45) is 0 Å². The second-order valence-electron chi connectivity index (χ2n) is 4.22. The predicted molar refractivity (Wildman–Crippen MR) is 83.1 cm³/mol. The molecule has 0 saturated carbocycles. The fourth-order valence-electron chi connectivity index (χ4n) is 1.69. The topological polar surface area (TPSA) is 123 Å². The molecule has 2 aromatic heterocycles. The number of carbonyl (C=O) groups is 2. The van der Waals surface area contributed by atoms with Crippen LogP contribution in [0.25, 0.3) is 0 Å². The van der Waals surface area contributed by atoms with Gasteiger partial charge in [-0.3, -0.25) is 9.59 Å². The van der Waals surface area contributed by atoms with Crippen molar-refractivity contribution in [2.45, 2.75) is 32.0 Å². The van der Waals surface area contributed by atoms with E-state index in [-0.39, 0.29) is 18.1 Å². The number of thioether (sulfide) groups is 1. The van der Waals surface area contributed by atoms with Crippen LogP contribution < -0.4 is 5.32 Å². The number of nitrogens with one attached hydrogen (secondary N) is 1. The molecule has 0 aliphatic heterocycles. The van der Waals surface area contributed by atoms with Crippen LogP contribution in [0.5, 0.6) is 0 Å². The van der Waals surface area contributed by atoms with E-state index in [1.807, 2.05) is 10.8 Å². The predicted octanol–water partition coefficient (Wildman–Crippen LogP) is 0.746. The van der Waals surface area contributed by atoms with Crippen LogP contribution in [0.15, 0.2) is 22.0 Å². The second kappa shape index (κ2) is 10.4. The van der Waals surface area contributed by atoms with Gasteiger partial charge < -0.3 is 19.4 Å². The van der Waals surface area contributed by atoms with Gasteiger partial charge in [-0.15, -0.1) is 10.2 Å². The van der Waals surface area contributed by atoms with Crippen LogP contribution in [0.2, 0.25) is 0 Å². The van der Waals surface area contributed by atoms with Crippen molar-refractivity contribution in [3.8, 4) is 0 Å². The Balaban J connectivity index is 0.000000816. The minimum absolute atomic E-state index is 0.0518. The van der Waals surface area contributed by atoms with Crippen molar-refractivity contribution >= 4 is 24.1 Å². The average molecular weight is 341 g/mol. The zero-order chi connectivity index (χ0) is 17.1. The van der Waals surface area contributed by atoms with Gasteiger partial charge in [-0.05, 0) is 0 Å². The lowest BCUT2D eigenvalue weighted by molar-refractivity contribution is -0.123. The number of amides is 1. The van der Waals surface area contributed by atoms with E-state index in [2.05, 4.69) is 27.4 Å². The van der Waals surface area contributed by atoms with Crippen LogP contribution in [0, 0.1) is 6.92 Å². The molecule has 23 heavy (non-hydrogen) atoms. The number of imidazole rings is 1. The summed E-state index contributed by atoms with van der Waals surface area (Å²) in [7, 11) is 0. The van der Waals surface area contributed by atoms with Crippen molar-refractivity contribution in [3.63, 3.8) is 0 Å². The Morgan fingerprint density at radius 3 is 2.87 bits per heavy atom. The van der Waals surface area contributed by atoms with Crippen LogP contribution >= 0.6 is 11.8 Å². The monoisotopic (exact) mass is 341 g/mol. The average Bonchev–Trinajstić information content (AvgIpc) is 3.14. The van der Waals surface area contributed by atoms with E-state index in [0.717, 1.165) is 18.8 Å². The molecule has 0 atom stereocenters. The molecule has 9 nitrogen and oxygen atoms in total. The van der Waals surface area contributed by atoms with Gasteiger partial charge in [0.05, 0.1) is 5.75 Å². The maximum atomic E-state index is 11.7. The zero-order valence-corrected chi connectivity index (χ0v) is 13.7. The molecular formula is C13H19N5O4S. The molecule has 0 radical (unpaired) electrons.